The van der Waals surface area contributed by atoms with Gasteiger partial charge in [-0.1, -0.05) is 18.2 Å². The first kappa shape index (κ1) is 12.9. The molecule has 1 aromatic carbocycles. The third-order valence-corrected chi connectivity index (χ3v) is 3.14. The van der Waals surface area contributed by atoms with Crippen LogP contribution in [0.25, 0.3) is 0 Å². The van der Waals surface area contributed by atoms with Gasteiger partial charge >= 0.3 is 0 Å². The Hall–Kier alpha value is -1.51. The summed E-state index contributed by atoms with van der Waals surface area (Å²) in [5.74, 6) is 0.0833. The van der Waals surface area contributed by atoms with Crippen LogP contribution in [0.4, 0.5) is 5.69 Å². The Morgan fingerprint density at radius 3 is 2.67 bits per heavy atom. The lowest BCUT2D eigenvalue weighted by Gasteiger charge is -2.32. The van der Waals surface area contributed by atoms with Gasteiger partial charge in [-0.25, -0.2) is 0 Å². The molecule has 2 unspecified atom stereocenters. The number of benzene rings is 1. The highest BCUT2D eigenvalue weighted by atomic mass is 16.2. The Bertz CT molecular complexity index is 448. The minimum Gasteiger partial charge on any atom is -0.382 e. The largest absolute Gasteiger partial charge is 0.382 e. The van der Waals surface area contributed by atoms with E-state index in [2.05, 4.69) is 17.6 Å². The van der Waals surface area contributed by atoms with Crippen LogP contribution in [0, 0.1) is 0 Å². The molecular formula is C15H22N2O. The summed E-state index contributed by atoms with van der Waals surface area (Å²) >= 11 is 0. The van der Waals surface area contributed by atoms with Crippen LogP contribution < -0.4 is 10.6 Å². The fraction of sp³-hybridized carbons (Fsp3) is 0.533. The van der Waals surface area contributed by atoms with Crippen LogP contribution in [-0.2, 0) is 4.79 Å². The first-order valence-electron chi connectivity index (χ1n) is 6.54. The predicted octanol–water partition coefficient (Wildman–Crippen LogP) is 2.89. The maximum absolute atomic E-state index is 12.4. The molecule has 0 radical (unpaired) electrons. The van der Waals surface area contributed by atoms with Gasteiger partial charge in [0.05, 0.1) is 5.92 Å². The van der Waals surface area contributed by atoms with Crippen molar-refractivity contribution in [2.45, 2.75) is 51.6 Å². The first-order chi connectivity index (χ1) is 8.37. The molecule has 1 heterocycles. The first-order valence-corrected chi connectivity index (χ1v) is 6.54. The van der Waals surface area contributed by atoms with Crippen LogP contribution in [0.15, 0.2) is 24.3 Å². The SMILES string of the molecule is CC1CC(C(=O)NC(C)(C)C)c2ccccc2N1. The van der Waals surface area contributed by atoms with Gasteiger partial charge in [0.1, 0.15) is 0 Å². The molecule has 2 atom stereocenters. The van der Waals surface area contributed by atoms with E-state index in [1.54, 1.807) is 0 Å². The van der Waals surface area contributed by atoms with E-state index in [-0.39, 0.29) is 17.4 Å². The number of anilines is 1. The topological polar surface area (TPSA) is 41.1 Å². The van der Waals surface area contributed by atoms with Crippen molar-refractivity contribution in [3.05, 3.63) is 29.8 Å². The van der Waals surface area contributed by atoms with Crippen molar-refractivity contribution in [2.24, 2.45) is 0 Å². The number of hydrogen-bond acceptors (Lipinski definition) is 2. The van der Waals surface area contributed by atoms with E-state index in [1.165, 1.54) is 0 Å². The van der Waals surface area contributed by atoms with Gasteiger partial charge in [0.25, 0.3) is 0 Å². The molecule has 0 bridgehead atoms. The van der Waals surface area contributed by atoms with Gasteiger partial charge < -0.3 is 10.6 Å². The summed E-state index contributed by atoms with van der Waals surface area (Å²) in [5, 5.41) is 6.51. The molecule has 0 spiro atoms. The Morgan fingerprint density at radius 2 is 2.00 bits per heavy atom. The lowest BCUT2D eigenvalue weighted by Crippen LogP contribution is -2.45. The molecule has 2 N–H and O–H groups in total. The van der Waals surface area contributed by atoms with Gasteiger partial charge in [0.15, 0.2) is 0 Å². The number of carbonyl (C=O) groups excluding carboxylic acids is 1. The summed E-state index contributed by atoms with van der Waals surface area (Å²) in [5.41, 5.74) is 2.02. The number of carbonyl (C=O) groups is 1. The summed E-state index contributed by atoms with van der Waals surface area (Å²) in [7, 11) is 0. The van der Waals surface area contributed by atoms with E-state index < -0.39 is 0 Å². The molecule has 2 rings (SSSR count). The molecular weight excluding hydrogens is 224 g/mol. The van der Waals surface area contributed by atoms with Crippen molar-refractivity contribution in [1.82, 2.24) is 5.32 Å². The average Bonchev–Trinajstić information content (AvgIpc) is 2.25. The number of hydrogen-bond donors (Lipinski definition) is 2. The maximum Gasteiger partial charge on any atom is 0.228 e. The molecule has 1 aliphatic heterocycles. The summed E-state index contributed by atoms with van der Waals surface area (Å²) in [6, 6.07) is 8.41. The Morgan fingerprint density at radius 1 is 1.33 bits per heavy atom. The van der Waals surface area contributed by atoms with Gasteiger partial charge in [-0.15, -0.1) is 0 Å². The highest BCUT2D eigenvalue weighted by Crippen LogP contribution is 2.34. The van der Waals surface area contributed by atoms with Gasteiger partial charge in [-0.3, -0.25) is 4.79 Å². The lowest BCUT2D eigenvalue weighted by atomic mass is 9.86. The molecule has 3 heteroatoms. The molecule has 0 aromatic heterocycles. The van der Waals surface area contributed by atoms with Crippen LogP contribution in [0.5, 0.6) is 0 Å². The molecule has 0 fully saturated rings. The van der Waals surface area contributed by atoms with Crippen LogP contribution in [0.1, 0.15) is 45.6 Å². The highest BCUT2D eigenvalue weighted by molar-refractivity contribution is 5.87. The van der Waals surface area contributed by atoms with Crippen LogP contribution in [0.2, 0.25) is 0 Å². The molecule has 18 heavy (non-hydrogen) atoms. The van der Waals surface area contributed by atoms with Crippen molar-refractivity contribution in [2.75, 3.05) is 5.32 Å². The van der Waals surface area contributed by atoms with E-state index in [0.29, 0.717) is 6.04 Å². The van der Waals surface area contributed by atoms with E-state index in [4.69, 9.17) is 0 Å². The molecule has 0 aliphatic carbocycles. The van der Waals surface area contributed by atoms with Crippen molar-refractivity contribution in [3.8, 4) is 0 Å². The minimum atomic E-state index is -0.180. The molecule has 0 saturated carbocycles. The van der Waals surface area contributed by atoms with Crippen molar-refractivity contribution in [1.29, 1.82) is 0 Å². The zero-order valence-electron chi connectivity index (χ0n) is 11.6. The Labute approximate surface area is 109 Å². The third-order valence-electron chi connectivity index (χ3n) is 3.14. The highest BCUT2D eigenvalue weighted by Gasteiger charge is 2.31. The second-order valence-corrected chi connectivity index (χ2v) is 6.16. The van der Waals surface area contributed by atoms with Gasteiger partial charge in [-0.2, -0.15) is 0 Å². The smallest absolute Gasteiger partial charge is 0.228 e. The Kier molecular flexibility index (Phi) is 3.33. The van der Waals surface area contributed by atoms with E-state index in [1.807, 2.05) is 45.0 Å². The predicted molar refractivity (Wildman–Crippen MR) is 74.8 cm³/mol. The minimum absolute atomic E-state index is 0.0447. The normalized spacial score (nSPS) is 22.9. The van der Waals surface area contributed by atoms with E-state index >= 15 is 0 Å². The van der Waals surface area contributed by atoms with Crippen LogP contribution in [-0.4, -0.2) is 17.5 Å². The molecule has 0 saturated heterocycles. The quantitative estimate of drug-likeness (QED) is 0.800. The van der Waals surface area contributed by atoms with Gasteiger partial charge in [0, 0.05) is 17.3 Å². The number of amides is 1. The number of para-hydroxylation sites is 1. The summed E-state index contributed by atoms with van der Waals surface area (Å²) in [6.07, 6.45) is 0.846. The number of nitrogens with one attached hydrogen (secondary N) is 2. The average molecular weight is 246 g/mol. The fourth-order valence-electron chi connectivity index (χ4n) is 2.44. The number of fused-ring (bicyclic) bond motifs is 1. The summed E-state index contributed by atoms with van der Waals surface area (Å²) in [4.78, 5) is 12.4. The maximum atomic E-state index is 12.4. The third kappa shape index (κ3) is 2.84. The lowest BCUT2D eigenvalue weighted by molar-refractivity contribution is -0.124. The summed E-state index contributed by atoms with van der Waals surface area (Å²) in [6.45, 7) is 8.16. The zero-order chi connectivity index (χ0) is 13.3. The molecule has 1 amide bonds. The second-order valence-electron chi connectivity index (χ2n) is 6.16. The monoisotopic (exact) mass is 246 g/mol. The van der Waals surface area contributed by atoms with E-state index in [9.17, 15) is 4.79 Å². The van der Waals surface area contributed by atoms with Gasteiger partial charge in [0.2, 0.25) is 5.91 Å². The molecule has 98 valence electrons. The fourth-order valence-corrected chi connectivity index (χ4v) is 2.44. The van der Waals surface area contributed by atoms with Crippen LogP contribution in [0.3, 0.4) is 0 Å². The summed E-state index contributed by atoms with van der Waals surface area (Å²) < 4.78 is 0. The second kappa shape index (κ2) is 4.63. The molecule has 3 nitrogen and oxygen atoms in total. The Balaban J connectivity index is 2.26. The zero-order valence-corrected chi connectivity index (χ0v) is 11.6. The van der Waals surface area contributed by atoms with Gasteiger partial charge in [-0.05, 0) is 45.7 Å². The van der Waals surface area contributed by atoms with E-state index in [0.717, 1.165) is 17.7 Å². The molecule has 1 aromatic rings. The van der Waals surface area contributed by atoms with Crippen LogP contribution >= 0.6 is 0 Å². The standard InChI is InChI=1S/C15H22N2O/c1-10-9-12(14(18)17-15(2,3)4)11-7-5-6-8-13(11)16-10/h5-8,10,12,16H,9H2,1-4H3,(H,17,18). The van der Waals surface area contributed by atoms with Crippen molar-refractivity contribution >= 4 is 11.6 Å². The molecule has 1 aliphatic rings. The van der Waals surface area contributed by atoms with Crippen molar-refractivity contribution in [3.63, 3.8) is 0 Å². The number of rotatable bonds is 1. The van der Waals surface area contributed by atoms with Crippen molar-refractivity contribution < 1.29 is 4.79 Å².